The summed E-state index contributed by atoms with van der Waals surface area (Å²) < 4.78 is 1.72. The Hall–Kier alpha value is -1.07. The van der Waals surface area contributed by atoms with Gasteiger partial charge < -0.3 is 16.0 Å². The van der Waals surface area contributed by atoms with Gasteiger partial charge in [0.25, 0.3) is 0 Å². The summed E-state index contributed by atoms with van der Waals surface area (Å²) in [6, 6.07) is 2.45. The number of likely N-dealkylation sites (N-methyl/N-ethyl adjacent to an activating group) is 1. The van der Waals surface area contributed by atoms with Crippen LogP contribution in [0.25, 0.3) is 0 Å². The van der Waals surface area contributed by atoms with E-state index in [0.29, 0.717) is 6.04 Å². The first kappa shape index (κ1) is 10.4. The number of nitrogens with zero attached hydrogens (tertiary/aromatic N) is 3. The third kappa shape index (κ3) is 2.49. The SMILES string of the molecule is CN1CCNC(Cc2cc(N)n(C)n2)C1. The van der Waals surface area contributed by atoms with Gasteiger partial charge in [0.15, 0.2) is 0 Å². The lowest BCUT2D eigenvalue weighted by Gasteiger charge is -2.30. The van der Waals surface area contributed by atoms with Crippen molar-refractivity contribution in [2.45, 2.75) is 12.5 Å². The number of nitrogens with one attached hydrogen (secondary N) is 1. The second-order valence-electron chi connectivity index (χ2n) is 4.30. The van der Waals surface area contributed by atoms with Crippen LogP contribution in [-0.4, -0.2) is 47.4 Å². The fourth-order valence-electron chi connectivity index (χ4n) is 2.02. The van der Waals surface area contributed by atoms with Crippen molar-refractivity contribution < 1.29 is 0 Å². The maximum Gasteiger partial charge on any atom is 0.121 e. The predicted octanol–water partition coefficient (Wildman–Crippen LogP) is -0.552. The molecule has 0 aliphatic carbocycles. The molecule has 5 heteroatoms. The third-order valence-corrected chi connectivity index (χ3v) is 2.88. The Morgan fingerprint density at radius 2 is 2.40 bits per heavy atom. The normalized spacial score (nSPS) is 23.2. The number of rotatable bonds is 2. The molecule has 1 aliphatic heterocycles. The van der Waals surface area contributed by atoms with Gasteiger partial charge in [0.05, 0.1) is 5.69 Å². The Labute approximate surface area is 90.2 Å². The molecule has 1 saturated heterocycles. The van der Waals surface area contributed by atoms with Crippen LogP contribution in [0.5, 0.6) is 0 Å². The summed E-state index contributed by atoms with van der Waals surface area (Å²) in [7, 11) is 4.03. The molecule has 1 atom stereocenters. The number of piperazine rings is 1. The zero-order chi connectivity index (χ0) is 10.8. The van der Waals surface area contributed by atoms with E-state index in [-0.39, 0.29) is 0 Å². The zero-order valence-electron chi connectivity index (χ0n) is 9.40. The number of nitrogen functional groups attached to an aromatic ring is 1. The molecule has 1 fully saturated rings. The Bertz CT molecular complexity index is 313. The molecule has 1 aromatic heterocycles. The van der Waals surface area contributed by atoms with E-state index in [1.807, 2.05) is 13.1 Å². The van der Waals surface area contributed by atoms with Crippen molar-refractivity contribution >= 4 is 5.82 Å². The molecule has 0 saturated carbocycles. The topological polar surface area (TPSA) is 59.1 Å². The van der Waals surface area contributed by atoms with Crippen LogP contribution in [0.4, 0.5) is 5.82 Å². The van der Waals surface area contributed by atoms with E-state index in [4.69, 9.17) is 5.73 Å². The van der Waals surface area contributed by atoms with Crippen LogP contribution in [0.1, 0.15) is 5.69 Å². The number of aryl methyl sites for hydroxylation is 1. The molecular weight excluding hydrogens is 190 g/mol. The standard InChI is InChI=1S/C10H19N5/c1-14-4-3-12-9(7-14)5-8-6-10(11)15(2)13-8/h6,9,12H,3-5,7,11H2,1-2H3. The molecule has 84 valence electrons. The number of nitrogens with two attached hydrogens (primary N) is 1. The number of aromatic nitrogens is 2. The van der Waals surface area contributed by atoms with E-state index >= 15 is 0 Å². The molecule has 0 radical (unpaired) electrons. The third-order valence-electron chi connectivity index (χ3n) is 2.88. The molecule has 5 nitrogen and oxygen atoms in total. The molecule has 3 N–H and O–H groups in total. The van der Waals surface area contributed by atoms with Crippen LogP contribution in [0.2, 0.25) is 0 Å². The average Bonchev–Trinajstić information content (AvgIpc) is 2.45. The molecule has 1 aromatic rings. The average molecular weight is 209 g/mol. The molecule has 0 amide bonds. The van der Waals surface area contributed by atoms with Gasteiger partial charge >= 0.3 is 0 Å². The fourth-order valence-corrected chi connectivity index (χ4v) is 2.02. The summed E-state index contributed by atoms with van der Waals surface area (Å²) in [6.07, 6.45) is 0.954. The highest BCUT2D eigenvalue weighted by Gasteiger charge is 2.17. The molecule has 2 rings (SSSR count). The summed E-state index contributed by atoms with van der Waals surface area (Å²) >= 11 is 0. The predicted molar refractivity (Wildman–Crippen MR) is 60.6 cm³/mol. The highest BCUT2D eigenvalue weighted by Crippen LogP contribution is 2.08. The van der Waals surface area contributed by atoms with Crippen LogP contribution in [0.15, 0.2) is 6.07 Å². The van der Waals surface area contributed by atoms with Gasteiger partial charge in [-0.1, -0.05) is 0 Å². The van der Waals surface area contributed by atoms with Crippen molar-refractivity contribution in [3.63, 3.8) is 0 Å². The van der Waals surface area contributed by atoms with Crippen LogP contribution in [0, 0.1) is 0 Å². The molecule has 0 aromatic carbocycles. The summed E-state index contributed by atoms with van der Waals surface area (Å²) in [5.74, 6) is 0.731. The van der Waals surface area contributed by atoms with Gasteiger partial charge in [0, 0.05) is 45.2 Å². The maximum absolute atomic E-state index is 5.74. The quantitative estimate of drug-likeness (QED) is 0.686. The summed E-state index contributed by atoms with van der Waals surface area (Å²) in [4.78, 5) is 2.34. The highest BCUT2D eigenvalue weighted by molar-refractivity contribution is 5.30. The monoisotopic (exact) mass is 209 g/mol. The minimum Gasteiger partial charge on any atom is -0.384 e. The summed E-state index contributed by atoms with van der Waals surface area (Å²) in [5, 5.41) is 7.86. The van der Waals surface area contributed by atoms with E-state index in [2.05, 4.69) is 22.4 Å². The largest absolute Gasteiger partial charge is 0.384 e. The first-order valence-corrected chi connectivity index (χ1v) is 5.35. The smallest absolute Gasteiger partial charge is 0.121 e. The molecular formula is C10H19N5. The Kier molecular flexibility index (Phi) is 2.93. The van der Waals surface area contributed by atoms with Crippen molar-refractivity contribution in [1.82, 2.24) is 20.0 Å². The minimum atomic E-state index is 0.498. The minimum absolute atomic E-state index is 0.498. The zero-order valence-corrected chi connectivity index (χ0v) is 9.40. The number of hydrogen-bond acceptors (Lipinski definition) is 4. The van der Waals surface area contributed by atoms with Crippen LogP contribution in [-0.2, 0) is 13.5 Å². The van der Waals surface area contributed by atoms with Crippen LogP contribution < -0.4 is 11.1 Å². The molecule has 2 heterocycles. The van der Waals surface area contributed by atoms with Crippen LogP contribution in [0.3, 0.4) is 0 Å². The van der Waals surface area contributed by atoms with Gasteiger partial charge in [-0.2, -0.15) is 5.10 Å². The second kappa shape index (κ2) is 4.20. The molecule has 0 bridgehead atoms. The lowest BCUT2D eigenvalue weighted by Crippen LogP contribution is -2.49. The van der Waals surface area contributed by atoms with Gasteiger partial charge in [-0.25, -0.2) is 0 Å². The van der Waals surface area contributed by atoms with E-state index in [1.165, 1.54) is 0 Å². The van der Waals surface area contributed by atoms with Gasteiger partial charge in [0.2, 0.25) is 0 Å². The first-order valence-electron chi connectivity index (χ1n) is 5.35. The highest BCUT2D eigenvalue weighted by atomic mass is 15.3. The summed E-state index contributed by atoms with van der Waals surface area (Å²) in [5.41, 5.74) is 6.81. The lowest BCUT2D eigenvalue weighted by molar-refractivity contribution is 0.237. The second-order valence-corrected chi connectivity index (χ2v) is 4.30. The van der Waals surface area contributed by atoms with Gasteiger partial charge in [-0.15, -0.1) is 0 Å². The van der Waals surface area contributed by atoms with Crippen molar-refractivity contribution in [2.75, 3.05) is 32.4 Å². The van der Waals surface area contributed by atoms with Crippen molar-refractivity contribution in [3.8, 4) is 0 Å². The fraction of sp³-hybridized carbons (Fsp3) is 0.700. The van der Waals surface area contributed by atoms with E-state index < -0.39 is 0 Å². The molecule has 1 aliphatic rings. The summed E-state index contributed by atoms with van der Waals surface area (Å²) in [6.45, 7) is 3.26. The van der Waals surface area contributed by atoms with Crippen molar-refractivity contribution in [2.24, 2.45) is 7.05 Å². The van der Waals surface area contributed by atoms with Gasteiger partial charge in [-0.05, 0) is 7.05 Å². The van der Waals surface area contributed by atoms with Gasteiger partial charge in [0.1, 0.15) is 5.82 Å². The van der Waals surface area contributed by atoms with Crippen molar-refractivity contribution in [3.05, 3.63) is 11.8 Å². The molecule has 0 spiro atoms. The maximum atomic E-state index is 5.74. The Morgan fingerprint density at radius 3 is 3.00 bits per heavy atom. The molecule has 15 heavy (non-hydrogen) atoms. The Balaban J connectivity index is 1.96. The van der Waals surface area contributed by atoms with E-state index in [1.54, 1.807) is 4.68 Å². The number of anilines is 1. The van der Waals surface area contributed by atoms with Crippen LogP contribution >= 0.6 is 0 Å². The van der Waals surface area contributed by atoms with Crippen molar-refractivity contribution in [1.29, 1.82) is 0 Å². The molecule has 1 unspecified atom stereocenters. The van der Waals surface area contributed by atoms with Gasteiger partial charge in [-0.3, -0.25) is 4.68 Å². The first-order chi connectivity index (χ1) is 7.15. The van der Waals surface area contributed by atoms with E-state index in [9.17, 15) is 0 Å². The van der Waals surface area contributed by atoms with E-state index in [0.717, 1.165) is 37.6 Å². The Morgan fingerprint density at radius 1 is 1.60 bits per heavy atom. The lowest BCUT2D eigenvalue weighted by atomic mass is 10.1. The number of hydrogen-bond donors (Lipinski definition) is 2.